The summed E-state index contributed by atoms with van der Waals surface area (Å²) in [4.78, 5) is 0. The van der Waals surface area contributed by atoms with Gasteiger partial charge >= 0.3 is 0 Å². The third kappa shape index (κ3) is 1.71. The number of hydrogen-bond acceptors (Lipinski definition) is 2. The zero-order valence-corrected chi connectivity index (χ0v) is 9.22. The van der Waals surface area contributed by atoms with E-state index in [4.69, 9.17) is 17.3 Å². The zero-order chi connectivity index (χ0) is 11.9. The minimum Gasteiger partial charge on any atom is -0.393 e. The fourth-order valence-corrected chi connectivity index (χ4v) is 2.27. The SMILES string of the molecule is NC(CF)(c1cccc(F)c1Cl)C1CC1O. The van der Waals surface area contributed by atoms with Crippen LogP contribution in [0.4, 0.5) is 8.78 Å². The molecule has 1 aromatic carbocycles. The van der Waals surface area contributed by atoms with Crippen LogP contribution in [0.2, 0.25) is 5.02 Å². The summed E-state index contributed by atoms with van der Waals surface area (Å²) in [5.74, 6) is -1.02. The molecule has 0 radical (unpaired) electrons. The van der Waals surface area contributed by atoms with Crippen LogP contribution >= 0.6 is 11.6 Å². The largest absolute Gasteiger partial charge is 0.393 e. The van der Waals surface area contributed by atoms with E-state index in [1.54, 1.807) is 0 Å². The van der Waals surface area contributed by atoms with Gasteiger partial charge in [0.05, 0.1) is 16.7 Å². The van der Waals surface area contributed by atoms with E-state index in [1.165, 1.54) is 18.2 Å². The zero-order valence-electron chi connectivity index (χ0n) is 8.46. The highest BCUT2D eigenvalue weighted by molar-refractivity contribution is 6.31. The van der Waals surface area contributed by atoms with Gasteiger partial charge in [-0.2, -0.15) is 0 Å². The highest BCUT2D eigenvalue weighted by Gasteiger charge is 2.52. The standard InChI is InChI=1S/C11H12ClF2NO/c12-10-6(2-1-3-8(10)14)11(15,5-13)7-4-9(7)16/h1-3,7,9,16H,4-5,15H2. The van der Waals surface area contributed by atoms with Crippen LogP contribution in [0.1, 0.15) is 12.0 Å². The molecule has 1 aromatic rings. The molecule has 0 spiro atoms. The van der Waals surface area contributed by atoms with Gasteiger partial charge in [-0.15, -0.1) is 0 Å². The lowest BCUT2D eigenvalue weighted by molar-refractivity contribution is 0.198. The van der Waals surface area contributed by atoms with Gasteiger partial charge in [0, 0.05) is 5.92 Å². The number of nitrogens with two attached hydrogens (primary N) is 1. The van der Waals surface area contributed by atoms with Crippen LogP contribution in [0.15, 0.2) is 18.2 Å². The van der Waals surface area contributed by atoms with E-state index in [0.29, 0.717) is 6.42 Å². The Morgan fingerprint density at radius 2 is 2.19 bits per heavy atom. The first kappa shape index (κ1) is 11.8. The highest BCUT2D eigenvalue weighted by atomic mass is 35.5. The topological polar surface area (TPSA) is 46.2 Å². The van der Waals surface area contributed by atoms with Crippen LogP contribution < -0.4 is 5.73 Å². The molecule has 2 nitrogen and oxygen atoms in total. The molecule has 1 saturated carbocycles. The van der Waals surface area contributed by atoms with Crippen LogP contribution in [0.5, 0.6) is 0 Å². The maximum Gasteiger partial charge on any atom is 0.142 e. The number of halogens is 3. The lowest BCUT2D eigenvalue weighted by atomic mass is 9.87. The van der Waals surface area contributed by atoms with Gasteiger partial charge in [-0.1, -0.05) is 23.7 Å². The van der Waals surface area contributed by atoms with Gasteiger partial charge in [0.1, 0.15) is 12.5 Å². The Labute approximate surface area is 97.0 Å². The molecule has 0 aromatic heterocycles. The molecular weight excluding hydrogens is 236 g/mol. The molecule has 0 aliphatic heterocycles. The van der Waals surface area contributed by atoms with E-state index < -0.39 is 30.1 Å². The van der Waals surface area contributed by atoms with Crippen LogP contribution in [-0.2, 0) is 5.54 Å². The normalized spacial score (nSPS) is 27.6. The van der Waals surface area contributed by atoms with E-state index in [9.17, 15) is 13.9 Å². The van der Waals surface area contributed by atoms with Crippen LogP contribution in [0.25, 0.3) is 0 Å². The van der Waals surface area contributed by atoms with Crippen LogP contribution in [0.3, 0.4) is 0 Å². The predicted molar refractivity (Wildman–Crippen MR) is 57.4 cm³/mol. The van der Waals surface area contributed by atoms with E-state index in [1.807, 2.05) is 0 Å². The van der Waals surface area contributed by atoms with Crippen molar-refractivity contribution in [3.63, 3.8) is 0 Å². The summed E-state index contributed by atoms with van der Waals surface area (Å²) in [6.07, 6.45) is -0.201. The smallest absolute Gasteiger partial charge is 0.142 e. The van der Waals surface area contributed by atoms with Crippen molar-refractivity contribution in [2.75, 3.05) is 6.67 Å². The Morgan fingerprint density at radius 1 is 1.56 bits per heavy atom. The number of aliphatic hydroxyl groups is 1. The molecule has 3 atom stereocenters. The van der Waals surface area contributed by atoms with Crippen molar-refractivity contribution < 1.29 is 13.9 Å². The summed E-state index contributed by atoms with van der Waals surface area (Å²) >= 11 is 5.77. The first-order valence-electron chi connectivity index (χ1n) is 4.98. The van der Waals surface area contributed by atoms with Crippen molar-refractivity contribution in [2.24, 2.45) is 11.7 Å². The molecule has 16 heavy (non-hydrogen) atoms. The van der Waals surface area contributed by atoms with Crippen molar-refractivity contribution in [3.05, 3.63) is 34.6 Å². The Balaban J connectivity index is 2.44. The van der Waals surface area contributed by atoms with Gasteiger partial charge in [0.15, 0.2) is 0 Å². The summed E-state index contributed by atoms with van der Waals surface area (Å²) in [6.45, 7) is -0.877. The Bertz CT molecular complexity index is 415. The highest BCUT2D eigenvalue weighted by Crippen LogP contribution is 2.46. The van der Waals surface area contributed by atoms with Crippen molar-refractivity contribution in [1.29, 1.82) is 0 Å². The lowest BCUT2D eigenvalue weighted by Gasteiger charge is -2.28. The molecule has 1 aliphatic rings. The first-order valence-corrected chi connectivity index (χ1v) is 5.36. The molecule has 88 valence electrons. The van der Waals surface area contributed by atoms with Crippen molar-refractivity contribution >= 4 is 11.6 Å². The summed E-state index contributed by atoms with van der Waals surface area (Å²) in [7, 11) is 0. The fraction of sp³-hybridized carbons (Fsp3) is 0.455. The molecular formula is C11H12ClF2NO. The summed E-state index contributed by atoms with van der Waals surface area (Å²) < 4.78 is 26.3. The van der Waals surface area contributed by atoms with E-state index in [2.05, 4.69) is 0 Å². The summed E-state index contributed by atoms with van der Waals surface area (Å²) in [5.41, 5.74) is 4.73. The third-order valence-corrected chi connectivity index (χ3v) is 3.48. The Hall–Kier alpha value is -0.710. The molecule has 2 rings (SSSR count). The lowest BCUT2D eigenvalue weighted by Crippen LogP contribution is -2.43. The minimum absolute atomic E-state index is 0.165. The van der Waals surface area contributed by atoms with Crippen LogP contribution in [-0.4, -0.2) is 17.9 Å². The second kappa shape index (κ2) is 3.95. The summed E-state index contributed by atoms with van der Waals surface area (Å²) in [5, 5.41) is 9.17. The molecule has 3 N–H and O–H groups in total. The Kier molecular flexibility index (Phi) is 2.90. The number of aliphatic hydroxyl groups excluding tert-OH is 1. The molecule has 3 unspecified atom stereocenters. The van der Waals surface area contributed by atoms with Gasteiger partial charge in [-0.25, -0.2) is 8.78 Å². The van der Waals surface area contributed by atoms with Crippen molar-refractivity contribution in [3.8, 4) is 0 Å². The van der Waals surface area contributed by atoms with Gasteiger partial charge in [0.25, 0.3) is 0 Å². The number of alkyl halides is 1. The minimum atomic E-state index is -1.39. The van der Waals surface area contributed by atoms with Gasteiger partial charge in [-0.05, 0) is 18.1 Å². The number of hydrogen-bond donors (Lipinski definition) is 2. The van der Waals surface area contributed by atoms with Gasteiger partial charge in [-0.3, -0.25) is 0 Å². The maximum atomic E-state index is 13.3. The summed E-state index contributed by atoms with van der Waals surface area (Å²) in [6, 6.07) is 4.12. The average molecular weight is 248 g/mol. The quantitative estimate of drug-likeness (QED) is 0.858. The maximum absolute atomic E-state index is 13.3. The van der Waals surface area contributed by atoms with Gasteiger partial charge in [0.2, 0.25) is 0 Å². The van der Waals surface area contributed by atoms with Gasteiger partial charge < -0.3 is 10.8 Å². The molecule has 1 fully saturated rings. The monoisotopic (exact) mass is 247 g/mol. The number of rotatable bonds is 3. The van der Waals surface area contributed by atoms with Crippen LogP contribution in [0, 0.1) is 11.7 Å². The molecule has 0 amide bonds. The molecule has 0 bridgehead atoms. The van der Waals surface area contributed by atoms with E-state index in [0.717, 1.165) is 0 Å². The number of benzene rings is 1. The second-order valence-electron chi connectivity index (χ2n) is 4.18. The molecule has 5 heteroatoms. The van der Waals surface area contributed by atoms with E-state index >= 15 is 0 Å². The average Bonchev–Trinajstić information content (AvgIpc) is 2.99. The Morgan fingerprint density at radius 3 is 2.69 bits per heavy atom. The van der Waals surface area contributed by atoms with Crippen molar-refractivity contribution in [1.82, 2.24) is 0 Å². The molecule has 1 aliphatic carbocycles. The molecule has 0 saturated heterocycles. The van der Waals surface area contributed by atoms with Crippen molar-refractivity contribution in [2.45, 2.75) is 18.1 Å². The third-order valence-electron chi connectivity index (χ3n) is 3.09. The second-order valence-corrected chi connectivity index (χ2v) is 4.56. The fourth-order valence-electron chi connectivity index (χ4n) is 1.97. The predicted octanol–water partition coefficient (Wildman–Crippen LogP) is 1.98. The molecule has 0 heterocycles. The van der Waals surface area contributed by atoms with E-state index in [-0.39, 0.29) is 10.6 Å². The first-order chi connectivity index (χ1) is 7.50.